The molecule has 0 atom stereocenters. The lowest BCUT2D eigenvalue weighted by Crippen LogP contribution is -2.35. The first-order chi connectivity index (χ1) is 13.2. The largest absolute Gasteiger partial charge is 0.465 e. The van der Waals surface area contributed by atoms with Gasteiger partial charge >= 0.3 is 5.97 Å². The van der Waals surface area contributed by atoms with Gasteiger partial charge in [0.2, 0.25) is 0 Å². The Kier molecular flexibility index (Phi) is 6.60. The Bertz CT molecular complexity index is 780. The normalized spacial score (nSPS) is 14.6. The summed E-state index contributed by atoms with van der Waals surface area (Å²) in [6, 6.07) is 14.9. The molecule has 0 saturated carbocycles. The van der Waals surface area contributed by atoms with Crippen molar-refractivity contribution in [2.45, 2.75) is 32.1 Å². The first-order valence-corrected chi connectivity index (χ1v) is 9.48. The highest BCUT2D eigenvalue weighted by Gasteiger charge is 2.15. The fourth-order valence-corrected chi connectivity index (χ4v) is 3.32. The molecule has 1 fully saturated rings. The molecule has 5 nitrogen and oxygen atoms in total. The van der Waals surface area contributed by atoms with E-state index in [0.717, 1.165) is 29.9 Å². The van der Waals surface area contributed by atoms with Crippen molar-refractivity contribution in [3.05, 3.63) is 65.2 Å². The van der Waals surface area contributed by atoms with E-state index in [-0.39, 0.29) is 11.8 Å². The number of aryl methyl sites for hydroxylation is 1. The van der Waals surface area contributed by atoms with Gasteiger partial charge in [-0.05, 0) is 49.1 Å². The summed E-state index contributed by atoms with van der Waals surface area (Å²) in [6.07, 6.45) is 4.71. The SMILES string of the molecule is COC(=O)c1ccc(CCC(=O)c2ccccc2NN2CCCCC2)cc1. The van der Waals surface area contributed by atoms with Gasteiger partial charge in [0, 0.05) is 25.1 Å². The molecule has 0 spiro atoms. The molecule has 0 aromatic heterocycles. The van der Waals surface area contributed by atoms with Crippen LogP contribution in [0.2, 0.25) is 0 Å². The third kappa shape index (κ3) is 5.17. The highest BCUT2D eigenvalue weighted by atomic mass is 16.5. The van der Waals surface area contributed by atoms with E-state index < -0.39 is 0 Å². The van der Waals surface area contributed by atoms with Crippen LogP contribution in [-0.2, 0) is 11.2 Å². The summed E-state index contributed by atoms with van der Waals surface area (Å²) < 4.78 is 4.70. The summed E-state index contributed by atoms with van der Waals surface area (Å²) in [5, 5.41) is 2.20. The van der Waals surface area contributed by atoms with E-state index in [1.54, 1.807) is 12.1 Å². The predicted octanol–water partition coefficient (Wildman–Crippen LogP) is 4.10. The van der Waals surface area contributed by atoms with Crippen molar-refractivity contribution in [3.8, 4) is 0 Å². The minimum atomic E-state index is -0.352. The Morgan fingerprint density at radius 3 is 2.41 bits per heavy atom. The van der Waals surface area contributed by atoms with Crippen molar-refractivity contribution in [2.24, 2.45) is 0 Å². The number of nitrogens with zero attached hydrogens (tertiary/aromatic N) is 1. The first kappa shape index (κ1) is 19.1. The van der Waals surface area contributed by atoms with Crippen molar-refractivity contribution in [1.29, 1.82) is 0 Å². The Morgan fingerprint density at radius 2 is 1.70 bits per heavy atom. The number of piperidine rings is 1. The van der Waals surface area contributed by atoms with Gasteiger partial charge in [0.1, 0.15) is 0 Å². The molecule has 27 heavy (non-hydrogen) atoms. The van der Waals surface area contributed by atoms with Gasteiger partial charge in [-0.2, -0.15) is 0 Å². The lowest BCUT2D eigenvalue weighted by molar-refractivity contribution is 0.0600. The van der Waals surface area contributed by atoms with Crippen LogP contribution < -0.4 is 5.43 Å². The number of rotatable bonds is 7. The number of carbonyl (C=O) groups is 2. The van der Waals surface area contributed by atoms with Crippen LogP contribution in [0.15, 0.2) is 48.5 Å². The number of benzene rings is 2. The average molecular weight is 366 g/mol. The Labute approximate surface area is 160 Å². The lowest BCUT2D eigenvalue weighted by Gasteiger charge is -2.28. The number of ether oxygens (including phenoxy) is 1. The minimum Gasteiger partial charge on any atom is -0.465 e. The summed E-state index contributed by atoms with van der Waals surface area (Å²) in [5.74, 6) is -0.234. The van der Waals surface area contributed by atoms with Crippen molar-refractivity contribution in [3.63, 3.8) is 0 Å². The number of nitrogens with one attached hydrogen (secondary N) is 1. The molecule has 0 amide bonds. The number of hydrazine groups is 1. The maximum atomic E-state index is 12.8. The van der Waals surface area contributed by atoms with E-state index in [2.05, 4.69) is 10.4 Å². The van der Waals surface area contributed by atoms with Crippen molar-refractivity contribution >= 4 is 17.4 Å². The number of carbonyl (C=O) groups excluding carboxylic acids is 2. The molecule has 1 aliphatic rings. The average Bonchev–Trinajstić information content (AvgIpc) is 2.73. The predicted molar refractivity (Wildman–Crippen MR) is 106 cm³/mol. The van der Waals surface area contributed by atoms with Crippen LogP contribution in [0.3, 0.4) is 0 Å². The lowest BCUT2D eigenvalue weighted by atomic mass is 10.0. The number of anilines is 1. The molecule has 0 radical (unpaired) electrons. The molecule has 142 valence electrons. The second-order valence-corrected chi connectivity index (χ2v) is 6.82. The van der Waals surface area contributed by atoms with Gasteiger partial charge in [-0.25, -0.2) is 9.80 Å². The van der Waals surface area contributed by atoms with Crippen molar-refractivity contribution < 1.29 is 14.3 Å². The van der Waals surface area contributed by atoms with Crippen LogP contribution in [0.4, 0.5) is 5.69 Å². The highest BCUT2D eigenvalue weighted by Crippen LogP contribution is 2.20. The zero-order chi connectivity index (χ0) is 19.1. The maximum absolute atomic E-state index is 12.8. The van der Waals surface area contributed by atoms with Gasteiger partial charge in [0.15, 0.2) is 5.78 Å². The van der Waals surface area contributed by atoms with Crippen LogP contribution >= 0.6 is 0 Å². The standard InChI is InChI=1S/C22H26N2O3/c1-27-22(26)18-12-9-17(10-13-18)11-14-21(25)19-7-3-4-8-20(19)23-24-15-5-2-6-16-24/h3-4,7-10,12-13,23H,2,5-6,11,14-16H2,1H3. The van der Waals surface area contributed by atoms with Gasteiger partial charge in [0.25, 0.3) is 0 Å². The van der Waals surface area contributed by atoms with Crippen LogP contribution in [0, 0.1) is 0 Å². The third-order valence-corrected chi connectivity index (χ3v) is 4.88. The monoisotopic (exact) mass is 366 g/mol. The zero-order valence-corrected chi connectivity index (χ0v) is 15.7. The number of hydrogen-bond donors (Lipinski definition) is 1. The maximum Gasteiger partial charge on any atom is 0.337 e. The van der Waals surface area contributed by atoms with E-state index in [4.69, 9.17) is 4.74 Å². The quantitative estimate of drug-likeness (QED) is 0.590. The topological polar surface area (TPSA) is 58.6 Å². The van der Waals surface area contributed by atoms with Crippen LogP contribution in [0.25, 0.3) is 0 Å². The van der Waals surface area contributed by atoms with Gasteiger partial charge < -0.3 is 10.2 Å². The molecule has 5 heteroatoms. The second-order valence-electron chi connectivity index (χ2n) is 6.82. The highest BCUT2D eigenvalue weighted by molar-refractivity contribution is 6.01. The first-order valence-electron chi connectivity index (χ1n) is 9.48. The van der Waals surface area contributed by atoms with Gasteiger partial charge in [-0.1, -0.05) is 30.7 Å². The van der Waals surface area contributed by atoms with Crippen LogP contribution in [0.1, 0.15) is 52.0 Å². The molecule has 2 aromatic rings. The zero-order valence-electron chi connectivity index (χ0n) is 15.7. The van der Waals surface area contributed by atoms with E-state index >= 15 is 0 Å². The molecule has 1 heterocycles. The number of hydrogen-bond acceptors (Lipinski definition) is 5. The summed E-state index contributed by atoms with van der Waals surface area (Å²) in [5.41, 5.74) is 6.57. The fraction of sp³-hybridized carbons (Fsp3) is 0.364. The Hall–Kier alpha value is -2.66. The number of esters is 1. The molecular formula is C22H26N2O3. The Morgan fingerprint density at radius 1 is 1.00 bits per heavy atom. The molecule has 1 N–H and O–H groups in total. The molecule has 1 aliphatic heterocycles. The van der Waals surface area contributed by atoms with E-state index in [1.807, 2.05) is 36.4 Å². The molecular weight excluding hydrogens is 340 g/mol. The Balaban J connectivity index is 1.61. The van der Waals surface area contributed by atoms with E-state index in [9.17, 15) is 9.59 Å². The smallest absolute Gasteiger partial charge is 0.337 e. The molecule has 0 aliphatic carbocycles. The molecule has 2 aromatic carbocycles. The van der Waals surface area contributed by atoms with Gasteiger partial charge in [-0.3, -0.25) is 4.79 Å². The number of para-hydroxylation sites is 1. The summed E-state index contributed by atoms with van der Waals surface area (Å²) in [4.78, 5) is 24.3. The van der Waals surface area contributed by atoms with Crippen LogP contribution in [-0.4, -0.2) is 37.0 Å². The number of ketones is 1. The van der Waals surface area contributed by atoms with Crippen molar-refractivity contribution in [1.82, 2.24) is 5.01 Å². The summed E-state index contributed by atoms with van der Waals surface area (Å²) in [7, 11) is 1.37. The second kappa shape index (κ2) is 9.33. The van der Waals surface area contributed by atoms with E-state index in [0.29, 0.717) is 18.4 Å². The van der Waals surface area contributed by atoms with Crippen LogP contribution in [0.5, 0.6) is 0 Å². The van der Waals surface area contributed by atoms with Crippen molar-refractivity contribution in [2.75, 3.05) is 25.6 Å². The van der Waals surface area contributed by atoms with Gasteiger partial charge in [0.05, 0.1) is 18.4 Å². The molecule has 0 unspecified atom stereocenters. The minimum absolute atomic E-state index is 0.118. The van der Waals surface area contributed by atoms with E-state index in [1.165, 1.54) is 26.4 Å². The fourth-order valence-electron chi connectivity index (χ4n) is 3.32. The summed E-state index contributed by atoms with van der Waals surface area (Å²) in [6.45, 7) is 2.02. The number of methoxy groups -OCH3 is 1. The molecule has 0 bridgehead atoms. The third-order valence-electron chi connectivity index (χ3n) is 4.88. The van der Waals surface area contributed by atoms with Gasteiger partial charge in [-0.15, -0.1) is 0 Å². The number of Topliss-reactive ketones (excluding diaryl/α,β-unsaturated/α-hetero) is 1. The molecule has 3 rings (SSSR count). The summed E-state index contributed by atoms with van der Waals surface area (Å²) >= 11 is 0. The molecule has 1 saturated heterocycles.